The van der Waals surface area contributed by atoms with Crippen LogP contribution >= 0.6 is 0 Å². The number of hydrogen-bond acceptors (Lipinski definition) is 2. The quantitative estimate of drug-likeness (QED) is 0.848. The molecule has 2 nitrogen and oxygen atoms in total. The normalized spacial score (nSPS) is 15.3. The van der Waals surface area contributed by atoms with E-state index in [9.17, 15) is 0 Å². The first kappa shape index (κ1) is 14.2. The first-order chi connectivity index (χ1) is 7.99. The molecule has 2 unspecified atom stereocenters. The van der Waals surface area contributed by atoms with Gasteiger partial charge in [-0.3, -0.25) is 4.90 Å². The highest BCUT2D eigenvalue weighted by molar-refractivity contribution is 5.30. The number of nitrogens with two attached hydrogens (primary N) is 1. The zero-order valence-corrected chi connectivity index (χ0v) is 11.8. The van der Waals surface area contributed by atoms with Crippen molar-refractivity contribution in [2.45, 2.75) is 52.2 Å². The lowest BCUT2D eigenvalue weighted by atomic mass is 9.92. The first-order valence-corrected chi connectivity index (χ1v) is 6.52. The van der Waals surface area contributed by atoms with Crippen molar-refractivity contribution in [2.24, 2.45) is 5.73 Å². The Morgan fingerprint density at radius 3 is 2.29 bits per heavy atom. The van der Waals surface area contributed by atoms with E-state index in [-0.39, 0.29) is 6.04 Å². The van der Waals surface area contributed by atoms with Crippen LogP contribution in [0, 0.1) is 6.92 Å². The maximum Gasteiger partial charge on any atom is 0.0501 e. The lowest BCUT2D eigenvalue weighted by Crippen LogP contribution is -2.42. The van der Waals surface area contributed by atoms with Gasteiger partial charge in [-0.2, -0.15) is 0 Å². The Bertz CT molecular complexity index is 347. The summed E-state index contributed by atoms with van der Waals surface area (Å²) in [6.07, 6.45) is 0.996. The Kier molecular flexibility index (Phi) is 5.16. The molecule has 17 heavy (non-hydrogen) atoms. The number of hydrogen-bond donors (Lipinski definition) is 1. The molecule has 0 radical (unpaired) electrons. The Morgan fingerprint density at radius 2 is 1.82 bits per heavy atom. The van der Waals surface area contributed by atoms with Crippen LogP contribution in [-0.2, 0) is 0 Å². The molecule has 0 saturated carbocycles. The highest BCUT2D eigenvalue weighted by atomic mass is 15.2. The van der Waals surface area contributed by atoms with Gasteiger partial charge in [0, 0.05) is 12.1 Å². The molecule has 2 atom stereocenters. The standard InChI is InChI=1S/C15H26N2/c1-6-14(16)15(17(5)11(2)3)13-10-8-7-9-12(13)4/h7-11,14-15H,6,16H2,1-5H3. The fourth-order valence-electron chi connectivity index (χ4n) is 2.22. The Hall–Kier alpha value is -0.860. The smallest absolute Gasteiger partial charge is 0.0501 e. The minimum absolute atomic E-state index is 0.184. The van der Waals surface area contributed by atoms with Crippen molar-refractivity contribution in [3.8, 4) is 0 Å². The molecule has 96 valence electrons. The predicted molar refractivity (Wildman–Crippen MR) is 75.1 cm³/mol. The molecular weight excluding hydrogens is 208 g/mol. The molecule has 0 heterocycles. The summed E-state index contributed by atoms with van der Waals surface area (Å²) in [7, 11) is 2.16. The van der Waals surface area contributed by atoms with Gasteiger partial charge in [-0.25, -0.2) is 0 Å². The lowest BCUT2D eigenvalue weighted by molar-refractivity contribution is 0.168. The summed E-state index contributed by atoms with van der Waals surface area (Å²) in [5.41, 5.74) is 9.00. The van der Waals surface area contributed by atoms with E-state index >= 15 is 0 Å². The Balaban J connectivity index is 3.11. The lowest BCUT2D eigenvalue weighted by Gasteiger charge is -2.36. The third-order valence-corrected chi connectivity index (χ3v) is 3.64. The molecule has 0 aliphatic heterocycles. The molecular formula is C15H26N2. The van der Waals surface area contributed by atoms with E-state index in [1.165, 1.54) is 11.1 Å². The number of rotatable bonds is 5. The van der Waals surface area contributed by atoms with Crippen molar-refractivity contribution >= 4 is 0 Å². The molecule has 0 bridgehead atoms. The largest absolute Gasteiger partial charge is 0.326 e. The van der Waals surface area contributed by atoms with Crippen LogP contribution in [0.25, 0.3) is 0 Å². The summed E-state index contributed by atoms with van der Waals surface area (Å²) < 4.78 is 0. The minimum Gasteiger partial charge on any atom is -0.326 e. The second-order valence-electron chi connectivity index (χ2n) is 5.13. The van der Waals surface area contributed by atoms with Crippen LogP contribution < -0.4 is 5.73 Å². The van der Waals surface area contributed by atoms with E-state index in [2.05, 4.69) is 63.9 Å². The zero-order chi connectivity index (χ0) is 13.0. The minimum atomic E-state index is 0.184. The van der Waals surface area contributed by atoms with Gasteiger partial charge in [0.1, 0.15) is 0 Å². The number of likely N-dealkylation sites (N-methyl/N-ethyl adjacent to an activating group) is 1. The topological polar surface area (TPSA) is 29.3 Å². The van der Waals surface area contributed by atoms with Crippen LogP contribution in [0.5, 0.6) is 0 Å². The predicted octanol–water partition coefficient (Wildman–Crippen LogP) is 3.11. The maximum atomic E-state index is 6.32. The highest BCUT2D eigenvalue weighted by Gasteiger charge is 2.25. The third kappa shape index (κ3) is 3.30. The fourth-order valence-corrected chi connectivity index (χ4v) is 2.22. The van der Waals surface area contributed by atoms with Crippen molar-refractivity contribution in [1.82, 2.24) is 4.90 Å². The van der Waals surface area contributed by atoms with E-state index < -0.39 is 0 Å². The second-order valence-corrected chi connectivity index (χ2v) is 5.13. The van der Waals surface area contributed by atoms with E-state index in [1.54, 1.807) is 0 Å². The van der Waals surface area contributed by atoms with Crippen molar-refractivity contribution in [3.05, 3.63) is 35.4 Å². The molecule has 0 aliphatic carbocycles. The third-order valence-electron chi connectivity index (χ3n) is 3.64. The van der Waals surface area contributed by atoms with Gasteiger partial charge >= 0.3 is 0 Å². The summed E-state index contributed by atoms with van der Waals surface area (Å²) >= 11 is 0. The fraction of sp³-hybridized carbons (Fsp3) is 0.600. The Morgan fingerprint density at radius 1 is 1.24 bits per heavy atom. The molecule has 0 fully saturated rings. The number of nitrogens with zero attached hydrogens (tertiary/aromatic N) is 1. The molecule has 0 spiro atoms. The van der Waals surface area contributed by atoms with E-state index in [0.29, 0.717) is 12.1 Å². The van der Waals surface area contributed by atoms with Crippen LogP contribution in [0.3, 0.4) is 0 Å². The molecule has 0 aliphatic rings. The molecule has 0 saturated heterocycles. The van der Waals surface area contributed by atoms with Gasteiger partial charge < -0.3 is 5.73 Å². The maximum absolute atomic E-state index is 6.32. The van der Waals surface area contributed by atoms with Gasteiger partial charge in [-0.05, 0) is 45.4 Å². The highest BCUT2D eigenvalue weighted by Crippen LogP contribution is 2.27. The average molecular weight is 234 g/mol. The van der Waals surface area contributed by atoms with Gasteiger partial charge in [0.25, 0.3) is 0 Å². The molecule has 1 rings (SSSR count). The van der Waals surface area contributed by atoms with Gasteiger partial charge in [0.05, 0.1) is 6.04 Å². The van der Waals surface area contributed by atoms with Crippen molar-refractivity contribution in [2.75, 3.05) is 7.05 Å². The summed E-state index contributed by atoms with van der Waals surface area (Å²) in [6, 6.07) is 9.55. The number of aryl methyl sites for hydroxylation is 1. The van der Waals surface area contributed by atoms with Crippen LogP contribution in [0.2, 0.25) is 0 Å². The van der Waals surface area contributed by atoms with Crippen molar-refractivity contribution in [3.63, 3.8) is 0 Å². The molecule has 0 aromatic heterocycles. The van der Waals surface area contributed by atoms with Crippen molar-refractivity contribution in [1.29, 1.82) is 0 Å². The van der Waals surface area contributed by atoms with Crippen LogP contribution in [0.1, 0.15) is 44.4 Å². The van der Waals surface area contributed by atoms with Crippen LogP contribution in [0.4, 0.5) is 0 Å². The monoisotopic (exact) mass is 234 g/mol. The van der Waals surface area contributed by atoms with Crippen LogP contribution in [-0.4, -0.2) is 24.0 Å². The van der Waals surface area contributed by atoms with Gasteiger partial charge in [-0.15, -0.1) is 0 Å². The number of benzene rings is 1. The van der Waals surface area contributed by atoms with Gasteiger partial charge in [0.2, 0.25) is 0 Å². The zero-order valence-electron chi connectivity index (χ0n) is 11.8. The molecule has 0 amide bonds. The van der Waals surface area contributed by atoms with E-state index in [1.807, 2.05) is 0 Å². The van der Waals surface area contributed by atoms with Gasteiger partial charge in [0.15, 0.2) is 0 Å². The summed E-state index contributed by atoms with van der Waals surface area (Å²) in [5.74, 6) is 0. The Labute approximate surface area is 106 Å². The van der Waals surface area contributed by atoms with Gasteiger partial charge in [-0.1, -0.05) is 31.2 Å². The average Bonchev–Trinajstić information content (AvgIpc) is 2.31. The van der Waals surface area contributed by atoms with Crippen molar-refractivity contribution < 1.29 is 0 Å². The van der Waals surface area contributed by atoms with E-state index in [0.717, 1.165) is 6.42 Å². The summed E-state index contributed by atoms with van der Waals surface area (Å²) in [4.78, 5) is 2.37. The molecule has 2 heteroatoms. The molecule has 2 N–H and O–H groups in total. The summed E-state index contributed by atoms with van der Waals surface area (Å²) in [6.45, 7) is 8.75. The summed E-state index contributed by atoms with van der Waals surface area (Å²) in [5, 5.41) is 0. The molecule has 1 aromatic rings. The van der Waals surface area contributed by atoms with Crippen LogP contribution in [0.15, 0.2) is 24.3 Å². The van der Waals surface area contributed by atoms with E-state index in [4.69, 9.17) is 5.73 Å². The first-order valence-electron chi connectivity index (χ1n) is 6.52. The molecule has 1 aromatic carbocycles. The SMILES string of the molecule is CCC(N)C(c1ccccc1C)N(C)C(C)C. The second kappa shape index (κ2) is 6.18.